The number of benzene rings is 2. The number of piperidine rings is 1. The molecule has 2 aliphatic rings. The second-order valence-electron chi connectivity index (χ2n) is 8.98. The normalized spacial score (nSPS) is 22.2. The smallest absolute Gasteiger partial charge is 0.287 e. The van der Waals surface area contributed by atoms with Gasteiger partial charge in [-0.2, -0.15) is 0 Å². The monoisotopic (exact) mass is 446 g/mol. The van der Waals surface area contributed by atoms with Crippen molar-refractivity contribution in [2.75, 3.05) is 14.2 Å². The molecule has 5 rings (SSSR count). The number of fused-ring (bicyclic) bond motifs is 2. The van der Waals surface area contributed by atoms with Crippen LogP contribution in [0.15, 0.2) is 65.1 Å². The standard InChI is InChI=1S/C27H30N2O4/c1-29-20-8-9-21(29)16-24(15-20)32-23-5-3-4-18(14-23)17-28-27(30)26-13-12-25(33-26)19-6-10-22(31-2)11-7-19/h3-7,10-14,20-21,24H,8-9,15-17H2,1-2H3,(H,28,30)/t20-,21+,24-. The van der Waals surface area contributed by atoms with Crippen LogP contribution in [0.2, 0.25) is 0 Å². The fraction of sp³-hybridized carbons (Fsp3) is 0.370. The summed E-state index contributed by atoms with van der Waals surface area (Å²) in [5.41, 5.74) is 1.89. The van der Waals surface area contributed by atoms with Crippen LogP contribution >= 0.6 is 0 Å². The highest BCUT2D eigenvalue weighted by atomic mass is 16.5. The fourth-order valence-electron chi connectivity index (χ4n) is 5.02. The number of carbonyl (C=O) groups excluding carboxylic acids is 1. The van der Waals surface area contributed by atoms with E-state index in [0.717, 1.165) is 35.5 Å². The predicted octanol–water partition coefficient (Wildman–Crippen LogP) is 4.89. The van der Waals surface area contributed by atoms with E-state index in [4.69, 9.17) is 13.9 Å². The molecule has 0 unspecified atom stereocenters. The Morgan fingerprint density at radius 1 is 1.03 bits per heavy atom. The summed E-state index contributed by atoms with van der Waals surface area (Å²) in [5, 5.41) is 2.94. The topological polar surface area (TPSA) is 63.9 Å². The van der Waals surface area contributed by atoms with Gasteiger partial charge in [-0.25, -0.2) is 0 Å². The van der Waals surface area contributed by atoms with Gasteiger partial charge in [0.25, 0.3) is 5.91 Å². The van der Waals surface area contributed by atoms with Crippen molar-refractivity contribution in [1.29, 1.82) is 0 Å². The molecule has 0 saturated carbocycles. The van der Waals surface area contributed by atoms with Gasteiger partial charge in [0.15, 0.2) is 5.76 Å². The summed E-state index contributed by atoms with van der Waals surface area (Å²) in [5.74, 6) is 2.33. The maximum Gasteiger partial charge on any atom is 0.287 e. The lowest BCUT2D eigenvalue weighted by Gasteiger charge is -2.36. The van der Waals surface area contributed by atoms with E-state index in [9.17, 15) is 4.79 Å². The zero-order valence-electron chi connectivity index (χ0n) is 19.1. The van der Waals surface area contributed by atoms with Gasteiger partial charge >= 0.3 is 0 Å². The van der Waals surface area contributed by atoms with Crippen molar-refractivity contribution >= 4 is 5.91 Å². The quantitative estimate of drug-likeness (QED) is 0.560. The number of nitrogens with one attached hydrogen (secondary N) is 1. The van der Waals surface area contributed by atoms with Gasteiger partial charge < -0.3 is 24.1 Å². The molecule has 3 aromatic rings. The first-order chi connectivity index (χ1) is 16.1. The Morgan fingerprint density at radius 3 is 2.52 bits per heavy atom. The van der Waals surface area contributed by atoms with Crippen LogP contribution in [0.25, 0.3) is 11.3 Å². The predicted molar refractivity (Wildman–Crippen MR) is 127 cm³/mol. The number of ether oxygens (including phenoxy) is 2. The van der Waals surface area contributed by atoms with Crippen LogP contribution in [-0.4, -0.2) is 43.2 Å². The van der Waals surface area contributed by atoms with Crippen LogP contribution in [0.4, 0.5) is 0 Å². The molecule has 6 heteroatoms. The van der Waals surface area contributed by atoms with Crippen molar-refractivity contribution in [2.45, 2.75) is 50.4 Å². The van der Waals surface area contributed by atoms with Gasteiger partial charge in [-0.3, -0.25) is 4.79 Å². The largest absolute Gasteiger partial charge is 0.497 e. The SMILES string of the molecule is COc1ccc(-c2ccc(C(=O)NCc3cccc(O[C@@H]4C[C@H]5CC[C@@H](C4)N5C)c3)o2)cc1. The van der Waals surface area contributed by atoms with Crippen LogP contribution in [0.3, 0.4) is 0 Å². The molecule has 3 atom stereocenters. The molecule has 33 heavy (non-hydrogen) atoms. The molecule has 1 amide bonds. The van der Waals surface area contributed by atoms with Crippen molar-refractivity contribution in [3.63, 3.8) is 0 Å². The summed E-state index contributed by atoms with van der Waals surface area (Å²) in [7, 11) is 3.87. The van der Waals surface area contributed by atoms with E-state index in [1.165, 1.54) is 12.8 Å². The van der Waals surface area contributed by atoms with Crippen LogP contribution in [0.1, 0.15) is 41.8 Å². The highest BCUT2D eigenvalue weighted by Crippen LogP contribution is 2.36. The van der Waals surface area contributed by atoms with E-state index < -0.39 is 0 Å². The van der Waals surface area contributed by atoms with Gasteiger partial charge in [0.2, 0.25) is 0 Å². The first-order valence-corrected chi connectivity index (χ1v) is 11.6. The molecule has 1 N–H and O–H groups in total. The molecular weight excluding hydrogens is 416 g/mol. The van der Waals surface area contributed by atoms with Crippen LogP contribution in [0, 0.1) is 0 Å². The zero-order valence-corrected chi connectivity index (χ0v) is 19.1. The number of methoxy groups -OCH3 is 1. The summed E-state index contributed by atoms with van der Waals surface area (Å²) < 4.78 is 17.3. The molecule has 2 aliphatic heterocycles. The van der Waals surface area contributed by atoms with Gasteiger partial charge in [-0.15, -0.1) is 0 Å². The lowest BCUT2D eigenvalue weighted by atomic mass is 10.0. The van der Waals surface area contributed by atoms with E-state index in [-0.39, 0.29) is 17.8 Å². The van der Waals surface area contributed by atoms with Crippen molar-refractivity contribution in [3.05, 3.63) is 72.0 Å². The van der Waals surface area contributed by atoms with Crippen molar-refractivity contribution < 1.29 is 18.7 Å². The highest BCUT2D eigenvalue weighted by Gasteiger charge is 2.39. The van der Waals surface area contributed by atoms with Crippen LogP contribution < -0.4 is 14.8 Å². The molecule has 2 bridgehead atoms. The summed E-state index contributed by atoms with van der Waals surface area (Å²) in [6, 6.07) is 20.3. The Labute approximate surface area is 194 Å². The molecule has 3 heterocycles. The Bertz CT molecular complexity index is 1090. The molecule has 0 aliphatic carbocycles. The number of carbonyl (C=O) groups is 1. The van der Waals surface area contributed by atoms with E-state index in [1.807, 2.05) is 48.5 Å². The maximum absolute atomic E-state index is 12.6. The zero-order chi connectivity index (χ0) is 22.8. The maximum atomic E-state index is 12.6. The van der Waals surface area contributed by atoms with Gasteiger partial charge in [0.05, 0.1) is 7.11 Å². The third kappa shape index (κ3) is 4.76. The molecule has 6 nitrogen and oxygen atoms in total. The van der Waals surface area contributed by atoms with Gasteiger partial charge in [-0.05, 0) is 86.8 Å². The molecule has 2 saturated heterocycles. The third-order valence-corrected chi connectivity index (χ3v) is 6.91. The summed E-state index contributed by atoms with van der Waals surface area (Å²) in [4.78, 5) is 15.1. The van der Waals surface area contributed by atoms with E-state index >= 15 is 0 Å². The summed E-state index contributed by atoms with van der Waals surface area (Å²) in [6.45, 7) is 0.410. The minimum Gasteiger partial charge on any atom is -0.497 e. The second-order valence-corrected chi connectivity index (χ2v) is 8.98. The molecule has 1 aromatic heterocycles. The summed E-state index contributed by atoms with van der Waals surface area (Å²) in [6.07, 6.45) is 4.99. The number of rotatable bonds is 7. The van der Waals surface area contributed by atoms with Crippen molar-refractivity contribution in [2.24, 2.45) is 0 Å². The number of nitrogens with zero attached hydrogens (tertiary/aromatic N) is 1. The van der Waals surface area contributed by atoms with Crippen molar-refractivity contribution in [1.82, 2.24) is 10.2 Å². The lowest BCUT2D eigenvalue weighted by Crippen LogP contribution is -2.43. The average molecular weight is 447 g/mol. The number of furan rings is 1. The molecular formula is C27H30N2O4. The van der Waals surface area contributed by atoms with Crippen molar-refractivity contribution in [3.8, 4) is 22.8 Å². The first-order valence-electron chi connectivity index (χ1n) is 11.6. The molecule has 0 radical (unpaired) electrons. The van der Waals surface area contributed by atoms with Crippen LogP contribution in [0.5, 0.6) is 11.5 Å². The molecule has 0 spiro atoms. The Balaban J connectivity index is 1.17. The molecule has 2 fully saturated rings. The Hall–Kier alpha value is -3.25. The highest BCUT2D eigenvalue weighted by molar-refractivity contribution is 5.92. The molecule has 2 aromatic carbocycles. The first kappa shape index (κ1) is 21.6. The Kier molecular flexibility index (Phi) is 6.09. The lowest BCUT2D eigenvalue weighted by molar-refractivity contribution is 0.0661. The fourth-order valence-corrected chi connectivity index (χ4v) is 5.02. The summed E-state index contributed by atoms with van der Waals surface area (Å²) >= 11 is 0. The van der Waals surface area contributed by atoms with E-state index in [1.54, 1.807) is 19.2 Å². The minimum absolute atomic E-state index is 0.243. The van der Waals surface area contributed by atoms with E-state index in [2.05, 4.69) is 17.3 Å². The number of hydrogen-bond donors (Lipinski definition) is 1. The van der Waals surface area contributed by atoms with E-state index in [0.29, 0.717) is 24.4 Å². The molecule has 172 valence electrons. The van der Waals surface area contributed by atoms with Gasteiger partial charge in [0, 0.05) is 24.2 Å². The van der Waals surface area contributed by atoms with Crippen LogP contribution in [-0.2, 0) is 6.54 Å². The Morgan fingerprint density at radius 2 is 1.79 bits per heavy atom. The second kappa shape index (κ2) is 9.32. The number of hydrogen-bond acceptors (Lipinski definition) is 5. The number of amides is 1. The average Bonchev–Trinajstić information content (AvgIpc) is 3.40. The van der Waals surface area contributed by atoms with Gasteiger partial charge in [0.1, 0.15) is 23.4 Å². The van der Waals surface area contributed by atoms with Gasteiger partial charge in [-0.1, -0.05) is 12.1 Å². The third-order valence-electron chi connectivity index (χ3n) is 6.91. The minimum atomic E-state index is -0.243.